The Morgan fingerprint density at radius 2 is 2.32 bits per heavy atom. The maximum Gasteiger partial charge on any atom is 0.244 e. The first-order chi connectivity index (χ1) is 8.98. The van der Waals surface area contributed by atoms with Gasteiger partial charge < -0.3 is 10.1 Å². The van der Waals surface area contributed by atoms with Gasteiger partial charge in [-0.25, -0.2) is 8.42 Å². The number of hydrogen-bond acceptors (Lipinski definition) is 5. The topological polar surface area (TPSA) is 58.6 Å². The molecular formula is C12H20N2O3S2. The van der Waals surface area contributed by atoms with Gasteiger partial charge in [0.25, 0.3) is 0 Å². The molecule has 5 nitrogen and oxygen atoms in total. The highest BCUT2D eigenvalue weighted by Crippen LogP contribution is 2.29. The number of hydrogen-bond donors (Lipinski definition) is 1. The zero-order valence-electron chi connectivity index (χ0n) is 11.4. The highest BCUT2D eigenvalue weighted by Gasteiger charge is 2.36. The Kier molecular flexibility index (Phi) is 4.62. The van der Waals surface area contributed by atoms with Crippen molar-refractivity contribution >= 4 is 21.4 Å². The Balaban J connectivity index is 2.28. The highest BCUT2D eigenvalue weighted by molar-refractivity contribution is 7.89. The van der Waals surface area contributed by atoms with Crippen LogP contribution in [0.15, 0.2) is 16.3 Å². The van der Waals surface area contributed by atoms with Crippen LogP contribution in [-0.4, -0.2) is 45.6 Å². The summed E-state index contributed by atoms with van der Waals surface area (Å²) in [5, 5.41) is 4.82. The molecule has 0 aromatic carbocycles. The van der Waals surface area contributed by atoms with Gasteiger partial charge in [-0.15, -0.1) is 11.3 Å². The molecule has 2 heterocycles. The summed E-state index contributed by atoms with van der Waals surface area (Å²) in [6.45, 7) is 3.11. The first-order valence-electron chi connectivity index (χ1n) is 6.29. The standard InChI is InChI=1S/C12H20N2O3S2/c1-9-10(4-6-17-9)14(3)19(15,16)12-5-7-18-11(12)8-13-2/h5,7,9-10,13H,4,6,8H2,1-3H3. The minimum Gasteiger partial charge on any atom is -0.377 e. The molecule has 1 aromatic rings. The van der Waals surface area contributed by atoms with Crippen LogP contribution in [-0.2, 0) is 21.3 Å². The molecule has 0 radical (unpaired) electrons. The van der Waals surface area contributed by atoms with Crippen LogP contribution in [0, 0.1) is 0 Å². The van der Waals surface area contributed by atoms with Gasteiger partial charge in [-0.05, 0) is 31.8 Å². The fourth-order valence-corrected chi connectivity index (χ4v) is 5.25. The summed E-state index contributed by atoms with van der Waals surface area (Å²) in [7, 11) is 0.0160. The minimum absolute atomic E-state index is 0.0499. The lowest BCUT2D eigenvalue weighted by atomic mass is 10.2. The van der Waals surface area contributed by atoms with Crippen molar-refractivity contribution in [1.82, 2.24) is 9.62 Å². The molecular weight excluding hydrogens is 284 g/mol. The van der Waals surface area contributed by atoms with Crippen molar-refractivity contribution in [2.45, 2.75) is 36.9 Å². The van der Waals surface area contributed by atoms with Crippen LogP contribution in [0.2, 0.25) is 0 Å². The van der Waals surface area contributed by atoms with E-state index in [1.165, 1.54) is 15.6 Å². The molecule has 2 atom stereocenters. The van der Waals surface area contributed by atoms with Gasteiger partial charge in [0.1, 0.15) is 0 Å². The molecule has 1 fully saturated rings. The van der Waals surface area contributed by atoms with Crippen molar-refractivity contribution in [3.05, 3.63) is 16.3 Å². The van der Waals surface area contributed by atoms with Crippen LogP contribution < -0.4 is 5.32 Å². The van der Waals surface area contributed by atoms with Gasteiger partial charge >= 0.3 is 0 Å². The molecule has 2 rings (SSSR count). The third kappa shape index (κ3) is 2.85. The first kappa shape index (κ1) is 14.9. The fourth-order valence-electron chi connectivity index (χ4n) is 2.38. The molecule has 0 saturated carbocycles. The lowest BCUT2D eigenvalue weighted by Gasteiger charge is -2.26. The van der Waals surface area contributed by atoms with Gasteiger partial charge in [-0.3, -0.25) is 0 Å². The van der Waals surface area contributed by atoms with E-state index in [0.717, 1.165) is 11.3 Å². The predicted octanol–water partition coefficient (Wildman–Crippen LogP) is 1.27. The average molecular weight is 304 g/mol. The van der Waals surface area contributed by atoms with Crippen molar-refractivity contribution in [2.24, 2.45) is 0 Å². The summed E-state index contributed by atoms with van der Waals surface area (Å²) >= 11 is 1.46. The van der Waals surface area contributed by atoms with E-state index >= 15 is 0 Å². The summed E-state index contributed by atoms with van der Waals surface area (Å²) in [6.07, 6.45) is 0.703. The predicted molar refractivity (Wildman–Crippen MR) is 75.9 cm³/mol. The minimum atomic E-state index is -3.44. The molecule has 0 bridgehead atoms. The largest absolute Gasteiger partial charge is 0.377 e. The lowest BCUT2D eigenvalue weighted by Crippen LogP contribution is -2.41. The highest BCUT2D eigenvalue weighted by atomic mass is 32.2. The van der Waals surface area contributed by atoms with E-state index in [1.807, 2.05) is 19.4 Å². The van der Waals surface area contributed by atoms with Crippen LogP contribution in [0.5, 0.6) is 0 Å². The van der Waals surface area contributed by atoms with E-state index in [0.29, 0.717) is 18.0 Å². The summed E-state index contributed by atoms with van der Waals surface area (Å²) in [6, 6.07) is 1.61. The number of nitrogens with zero attached hydrogens (tertiary/aromatic N) is 1. The number of ether oxygens (including phenoxy) is 1. The lowest BCUT2D eigenvalue weighted by molar-refractivity contribution is 0.102. The number of sulfonamides is 1. The number of nitrogens with one attached hydrogen (secondary N) is 1. The summed E-state index contributed by atoms with van der Waals surface area (Å²) in [5.41, 5.74) is 0. The zero-order valence-corrected chi connectivity index (χ0v) is 13.1. The maximum atomic E-state index is 12.7. The molecule has 1 saturated heterocycles. The third-order valence-electron chi connectivity index (χ3n) is 3.50. The summed E-state index contributed by atoms with van der Waals surface area (Å²) in [5.74, 6) is 0. The monoisotopic (exact) mass is 304 g/mol. The Labute approximate surface area is 118 Å². The molecule has 1 aliphatic heterocycles. The summed E-state index contributed by atoms with van der Waals surface area (Å²) < 4.78 is 32.3. The quantitative estimate of drug-likeness (QED) is 0.890. The van der Waals surface area contributed by atoms with Crippen LogP contribution >= 0.6 is 11.3 Å². The molecule has 1 aromatic heterocycles. The number of likely N-dealkylation sites (N-methyl/N-ethyl adjacent to an activating group) is 1. The number of thiophene rings is 1. The molecule has 7 heteroatoms. The van der Waals surface area contributed by atoms with Gasteiger partial charge in [0.2, 0.25) is 10.0 Å². The van der Waals surface area contributed by atoms with Crippen LogP contribution in [0.3, 0.4) is 0 Å². The second kappa shape index (κ2) is 5.88. The smallest absolute Gasteiger partial charge is 0.244 e. The molecule has 108 valence electrons. The van der Waals surface area contributed by atoms with Gasteiger partial charge in [0.15, 0.2) is 0 Å². The SMILES string of the molecule is CNCc1sccc1S(=O)(=O)N(C)C1CCOC1C. The van der Waals surface area contributed by atoms with Crippen LogP contribution in [0.4, 0.5) is 0 Å². The Bertz CT molecular complexity index is 527. The molecule has 0 aliphatic carbocycles. The first-order valence-corrected chi connectivity index (χ1v) is 8.61. The molecule has 1 aliphatic rings. The molecule has 0 amide bonds. The fraction of sp³-hybridized carbons (Fsp3) is 0.667. The van der Waals surface area contributed by atoms with E-state index in [4.69, 9.17) is 4.74 Å². The molecule has 19 heavy (non-hydrogen) atoms. The van der Waals surface area contributed by atoms with Crippen molar-refractivity contribution < 1.29 is 13.2 Å². The average Bonchev–Trinajstić information content (AvgIpc) is 2.97. The second-order valence-electron chi connectivity index (χ2n) is 4.69. The van der Waals surface area contributed by atoms with E-state index in [-0.39, 0.29) is 12.1 Å². The van der Waals surface area contributed by atoms with E-state index < -0.39 is 10.0 Å². The van der Waals surface area contributed by atoms with Crippen LogP contribution in [0.25, 0.3) is 0 Å². The zero-order chi connectivity index (χ0) is 14.0. The van der Waals surface area contributed by atoms with Crippen molar-refractivity contribution in [1.29, 1.82) is 0 Å². The number of rotatable bonds is 5. The maximum absolute atomic E-state index is 12.7. The molecule has 0 spiro atoms. The van der Waals surface area contributed by atoms with Crippen LogP contribution in [0.1, 0.15) is 18.2 Å². The summed E-state index contributed by atoms with van der Waals surface area (Å²) in [4.78, 5) is 1.26. The van der Waals surface area contributed by atoms with Gasteiger partial charge in [-0.2, -0.15) is 4.31 Å². The van der Waals surface area contributed by atoms with E-state index in [9.17, 15) is 8.42 Å². The van der Waals surface area contributed by atoms with Gasteiger partial charge in [0.05, 0.1) is 17.0 Å². The molecule has 1 N–H and O–H groups in total. The normalized spacial score (nSPS) is 24.2. The third-order valence-corrected chi connectivity index (χ3v) is 6.52. The van der Waals surface area contributed by atoms with Crippen molar-refractivity contribution in [3.8, 4) is 0 Å². The van der Waals surface area contributed by atoms with E-state index in [2.05, 4.69) is 5.32 Å². The van der Waals surface area contributed by atoms with Crippen molar-refractivity contribution in [3.63, 3.8) is 0 Å². The van der Waals surface area contributed by atoms with Gasteiger partial charge in [-0.1, -0.05) is 0 Å². The van der Waals surface area contributed by atoms with Gasteiger partial charge in [0, 0.05) is 25.1 Å². The van der Waals surface area contributed by atoms with Crippen molar-refractivity contribution in [2.75, 3.05) is 20.7 Å². The van der Waals surface area contributed by atoms with E-state index in [1.54, 1.807) is 13.1 Å². The Hall–Kier alpha value is -0.470. The Morgan fingerprint density at radius 3 is 2.89 bits per heavy atom. The Morgan fingerprint density at radius 1 is 1.58 bits per heavy atom. The second-order valence-corrected chi connectivity index (χ2v) is 7.66. The molecule has 2 unspecified atom stereocenters.